The summed E-state index contributed by atoms with van der Waals surface area (Å²) in [5.41, 5.74) is -0.120. The highest BCUT2D eigenvalue weighted by Gasteiger charge is 2.56. The second-order valence-electron chi connectivity index (χ2n) is 28.0. The van der Waals surface area contributed by atoms with E-state index in [0.717, 1.165) is 31.3 Å². The fourth-order valence-electron chi connectivity index (χ4n) is 14.3. The summed E-state index contributed by atoms with van der Waals surface area (Å²) in [6.07, 6.45) is -0.733. The van der Waals surface area contributed by atoms with E-state index in [1.165, 1.54) is 19.1 Å². The highest BCUT2D eigenvalue weighted by molar-refractivity contribution is 7.81. The molecule has 0 aromatic heterocycles. The van der Waals surface area contributed by atoms with Crippen molar-refractivity contribution in [2.24, 2.45) is 23.7 Å². The van der Waals surface area contributed by atoms with Gasteiger partial charge >= 0.3 is 43.1 Å². The minimum absolute atomic E-state index is 0.00799. The van der Waals surface area contributed by atoms with Crippen molar-refractivity contribution in [1.29, 1.82) is 0 Å². The summed E-state index contributed by atoms with van der Waals surface area (Å²) in [6.45, 7) is 16.7. The van der Waals surface area contributed by atoms with Crippen LogP contribution in [0.5, 0.6) is 0 Å². The summed E-state index contributed by atoms with van der Waals surface area (Å²) in [6, 6.07) is 0. The molecule has 7 aliphatic rings. The standard InChI is InChI=1S/C65H104O30S3/c1-38(14-12-28-84-55(71)17-11-9-10-16-45(66)32-48(94-97(78,79)80)33-50(68)59(95-98(81,82)83)51(69)37-87-96(75,76)77)36-85-61(73)62(8,74)35-47-20-21-54(70)65(90-47)34-39(2)30-53(91-65)40(3)18-19-46-23-25-63(89-46)26-24-52-60(92-63)56(72)44(7)58(88-52)49(67)31-42(5)57-41(4)22-27-64(93-57)43(6)15-13-29-86-64/h9,11,14,18-19,34,40-43,45-54,56-60,66-70,72,74H,7,10,12-13,15-17,20-33,35-37H2,1-6,8H3,(H,75,76,77)(H,78,79,80)(H,81,82,83). The highest BCUT2D eigenvalue weighted by Crippen LogP contribution is 2.49. The van der Waals surface area contributed by atoms with Crippen LogP contribution >= 0.6 is 0 Å². The third-order valence-corrected chi connectivity index (χ3v) is 21.0. The number of rotatable bonds is 33. The number of ether oxygens (including phenoxy) is 9. The van der Waals surface area contributed by atoms with E-state index in [0.29, 0.717) is 62.7 Å². The molecule has 562 valence electrons. The fraction of sp³-hybridized carbons (Fsp3) is 0.815. The molecule has 0 radical (unpaired) electrons. The van der Waals surface area contributed by atoms with Crippen LogP contribution in [0.15, 0.2) is 59.8 Å². The highest BCUT2D eigenvalue weighted by atomic mass is 32.3. The Morgan fingerprint density at radius 1 is 0.827 bits per heavy atom. The summed E-state index contributed by atoms with van der Waals surface area (Å²) in [5, 5.41) is 77.6. The van der Waals surface area contributed by atoms with Crippen LogP contribution in [0.3, 0.4) is 0 Å². The maximum Gasteiger partial charge on any atom is 0.397 e. The Balaban J connectivity index is 0.800. The van der Waals surface area contributed by atoms with Crippen molar-refractivity contribution in [2.45, 2.75) is 285 Å². The molecule has 30 nitrogen and oxygen atoms in total. The van der Waals surface area contributed by atoms with Crippen molar-refractivity contribution in [2.75, 3.05) is 26.4 Å². The minimum Gasteiger partial charge on any atom is -0.465 e. The van der Waals surface area contributed by atoms with Crippen LogP contribution in [-0.2, 0) is 96.0 Å². The van der Waals surface area contributed by atoms with Gasteiger partial charge in [-0.15, -0.1) is 0 Å². The Morgan fingerprint density at radius 3 is 2.23 bits per heavy atom. The molecular formula is C65H104O30S3. The lowest BCUT2D eigenvalue weighted by atomic mass is 9.78. The van der Waals surface area contributed by atoms with E-state index in [1.807, 2.05) is 26.0 Å². The van der Waals surface area contributed by atoms with E-state index in [4.69, 9.17) is 51.7 Å². The summed E-state index contributed by atoms with van der Waals surface area (Å²) in [5.74, 6) is -4.25. The maximum absolute atomic E-state index is 13.4. The first-order chi connectivity index (χ1) is 45.7. The molecule has 0 amide bonds. The van der Waals surface area contributed by atoms with Gasteiger partial charge in [-0.25, -0.2) is 17.3 Å². The zero-order chi connectivity index (χ0) is 72.3. The zero-order valence-electron chi connectivity index (χ0n) is 56.8. The van der Waals surface area contributed by atoms with Gasteiger partial charge in [0.25, 0.3) is 0 Å². The average Bonchev–Trinajstić information content (AvgIpc) is 1.20. The number of hydrogen-bond donors (Lipinski definition) is 10. The molecule has 0 saturated carbocycles. The van der Waals surface area contributed by atoms with Gasteiger partial charge in [0, 0.05) is 50.4 Å². The number of aliphatic hydroxyl groups is 7. The van der Waals surface area contributed by atoms with Gasteiger partial charge in [-0.2, -0.15) is 25.3 Å². The van der Waals surface area contributed by atoms with Crippen LogP contribution < -0.4 is 0 Å². The largest absolute Gasteiger partial charge is 0.465 e. The first-order valence-corrected chi connectivity index (χ1v) is 37.9. The summed E-state index contributed by atoms with van der Waals surface area (Å²) >= 11 is 0. The van der Waals surface area contributed by atoms with E-state index in [-0.39, 0.29) is 87.6 Å². The van der Waals surface area contributed by atoms with Gasteiger partial charge in [0.2, 0.25) is 5.79 Å². The number of carbonyl (C=O) groups is 2. The fourth-order valence-corrected chi connectivity index (χ4v) is 15.7. The quantitative estimate of drug-likeness (QED) is 0.0186. The molecular weight excluding hydrogens is 1360 g/mol. The Labute approximate surface area is 574 Å². The number of hydrogen-bond acceptors (Lipinski definition) is 27. The third-order valence-electron chi connectivity index (χ3n) is 19.6. The molecule has 10 N–H and O–H groups in total. The summed E-state index contributed by atoms with van der Waals surface area (Å²) < 4.78 is 164. The molecule has 23 atom stereocenters. The van der Waals surface area contributed by atoms with Gasteiger partial charge in [-0.3, -0.25) is 18.5 Å². The summed E-state index contributed by atoms with van der Waals surface area (Å²) in [4.78, 5) is 25.8. The number of allylic oxidation sites excluding steroid dienone is 1. The van der Waals surface area contributed by atoms with Crippen molar-refractivity contribution in [3.05, 3.63) is 59.8 Å². The molecule has 98 heavy (non-hydrogen) atoms. The molecule has 7 rings (SSSR count). The molecule has 23 unspecified atom stereocenters. The Morgan fingerprint density at radius 2 is 1.54 bits per heavy atom. The second-order valence-corrected chi connectivity index (χ2v) is 31.2. The lowest BCUT2D eigenvalue weighted by molar-refractivity contribution is -0.334. The van der Waals surface area contributed by atoms with Gasteiger partial charge in [0.05, 0.1) is 81.2 Å². The number of carbonyl (C=O) groups excluding carboxylic acids is 2. The van der Waals surface area contributed by atoms with Crippen LogP contribution in [0.4, 0.5) is 0 Å². The molecule has 7 aliphatic heterocycles. The van der Waals surface area contributed by atoms with Crippen molar-refractivity contribution >= 4 is 43.1 Å². The first kappa shape index (κ1) is 82.0. The van der Waals surface area contributed by atoms with E-state index in [2.05, 4.69) is 39.9 Å². The van der Waals surface area contributed by atoms with Crippen LogP contribution in [0.2, 0.25) is 0 Å². The number of esters is 2. The van der Waals surface area contributed by atoms with Crippen molar-refractivity contribution in [1.82, 2.24) is 0 Å². The molecule has 0 aliphatic carbocycles. The van der Waals surface area contributed by atoms with E-state index in [1.54, 1.807) is 19.1 Å². The minimum atomic E-state index is -5.46. The van der Waals surface area contributed by atoms with E-state index in [9.17, 15) is 75.1 Å². The normalized spacial score (nSPS) is 34.5. The molecule has 33 heteroatoms. The second kappa shape index (κ2) is 35.0. The molecule has 6 saturated heterocycles. The van der Waals surface area contributed by atoms with Crippen molar-refractivity contribution in [3.8, 4) is 0 Å². The van der Waals surface area contributed by atoms with Gasteiger partial charge < -0.3 is 78.4 Å². The SMILES string of the molecule is C=C1C(O)C2OC3(CCC(C=CC(C)C4CC(C)=CC5(OC(CC(C)(O)C(=O)OCC(C)=CCCOC(=O)CC=CCCC(O)CC(CC(O)C(OS(=O)(=O)O)C(O)COS(=O)(=O)O)OS(=O)(=O)O)CCC5O)O4)O3)CCC2OC1C(O)CC(C)C1OC2(CCC1C)OCCCC2C. The predicted octanol–water partition coefficient (Wildman–Crippen LogP) is 4.58. The van der Waals surface area contributed by atoms with Gasteiger partial charge in [-0.1, -0.05) is 70.2 Å². The van der Waals surface area contributed by atoms with Crippen LogP contribution in [-0.4, -0.2) is 228 Å². The van der Waals surface area contributed by atoms with Gasteiger partial charge in [0.1, 0.15) is 43.2 Å². The van der Waals surface area contributed by atoms with Crippen LogP contribution in [0, 0.1) is 23.7 Å². The third kappa shape index (κ3) is 23.6. The first-order valence-electron chi connectivity index (χ1n) is 33.8. The van der Waals surface area contributed by atoms with Crippen molar-refractivity contribution in [3.63, 3.8) is 0 Å². The van der Waals surface area contributed by atoms with E-state index >= 15 is 0 Å². The molecule has 0 aromatic rings. The Hall–Kier alpha value is -3.31. The predicted molar refractivity (Wildman–Crippen MR) is 345 cm³/mol. The van der Waals surface area contributed by atoms with Gasteiger partial charge in [0.15, 0.2) is 17.2 Å². The van der Waals surface area contributed by atoms with E-state index < -0.39 is 165 Å². The Bertz CT molecular complexity index is 3140. The van der Waals surface area contributed by atoms with Crippen LogP contribution in [0.25, 0.3) is 0 Å². The molecule has 7 heterocycles. The lowest BCUT2D eigenvalue weighted by Crippen LogP contribution is -2.60. The molecule has 3 spiro atoms. The Kier molecular flexibility index (Phi) is 29.3. The van der Waals surface area contributed by atoms with Crippen molar-refractivity contribution < 1.29 is 139 Å². The molecule has 6 fully saturated rings. The average molecular weight is 1460 g/mol. The molecule has 0 aromatic carbocycles. The molecule has 0 bridgehead atoms. The number of aliphatic hydroxyl groups excluding tert-OH is 6. The smallest absolute Gasteiger partial charge is 0.397 e. The monoisotopic (exact) mass is 1460 g/mol. The maximum atomic E-state index is 13.4. The lowest BCUT2D eigenvalue weighted by Gasteiger charge is -2.51. The number of fused-ring (bicyclic) bond motifs is 1. The topological polar surface area (TPSA) is 450 Å². The summed E-state index contributed by atoms with van der Waals surface area (Å²) in [7, 11) is -15.9. The zero-order valence-corrected chi connectivity index (χ0v) is 59.2. The van der Waals surface area contributed by atoms with Gasteiger partial charge in [-0.05, 0) is 127 Å². The van der Waals surface area contributed by atoms with Crippen LogP contribution in [0.1, 0.15) is 170 Å².